The van der Waals surface area contributed by atoms with Crippen molar-refractivity contribution >= 4 is 124 Å². The van der Waals surface area contributed by atoms with E-state index in [0.29, 0.717) is 39.3 Å². The Bertz CT molecular complexity index is 2740. The van der Waals surface area contributed by atoms with E-state index in [-0.39, 0.29) is 37.9 Å². The number of rotatable bonds is 6. The van der Waals surface area contributed by atoms with Crippen LogP contribution in [0.4, 0.5) is 33.0 Å². The van der Waals surface area contributed by atoms with Gasteiger partial charge in [-0.15, -0.1) is 20.5 Å². The third-order valence-electron chi connectivity index (χ3n) is 10.6. The van der Waals surface area contributed by atoms with E-state index in [2.05, 4.69) is 56.2 Å². The van der Waals surface area contributed by atoms with Gasteiger partial charge in [0, 0.05) is 63.8 Å². The Morgan fingerprint density at radius 1 is 0.627 bits per heavy atom. The molecule has 0 saturated heterocycles. The van der Waals surface area contributed by atoms with Crippen molar-refractivity contribution in [1.29, 1.82) is 0 Å². The van der Waals surface area contributed by atoms with Crippen LogP contribution in [0.15, 0.2) is 83.3 Å². The quantitative estimate of drug-likeness (QED) is 0.120. The third kappa shape index (κ3) is 8.58. The summed E-state index contributed by atoms with van der Waals surface area (Å²) >= 11 is 12.1. The fraction of sp³-hybridized carbons (Fsp3) is 0.316. The number of aryl methyl sites for hydroxylation is 2. The molecular weight excluding hydrogens is 967 g/mol. The van der Waals surface area contributed by atoms with Gasteiger partial charge in [-0.05, 0) is 122 Å². The second-order valence-corrected chi connectivity index (χ2v) is 20.5. The Labute approximate surface area is 371 Å². The zero-order chi connectivity index (χ0) is 40.3. The molecule has 4 aliphatic rings. The van der Waals surface area contributed by atoms with Crippen LogP contribution in [0.25, 0.3) is 20.4 Å². The number of hydrogen-bond acceptors (Lipinski definition) is 14. The maximum atomic E-state index is 12.3. The molecule has 10 rings (SSSR count). The Balaban J connectivity index is 0.000000161. The predicted molar refractivity (Wildman–Crippen MR) is 231 cm³/mol. The summed E-state index contributed by atoms with van der Waals surface area (Å²) in [6.45, 7) is 3.63. The van der Waals surface area contributed by atoms with Crippen LogP contribution in [0, 0.1) is 0 Å². The van der Waals surface area contributed by atoms with Crippen LogP contribution in [0.5, 0.6) is 0 Å². The maximum absolute atomic E-state index is 12.3. The molecule has 0 fully saturated rings. The minimum Gasteiger partial charge on any atom is -0.371 e. The third-order valence-corrected chi connectivity index (χ3v) is 15.1. The topological polar surface area (TPSA) is 190 Å². The molecular formula is C38H34BrClCoN8O6S4. The number of nitrogens with zero attached hydrogens (tertiary/aromatic N) is 8. The molecule has 0 amide bonds. The molecule has 21 heteroatoms. The van der Waals surface area contributed by atoms with Crippen molar-refractivity contribution in [3.05, 3.63) is 80.3 Å². The number of azo groups is 2. The van der Waals surface area contributed by atoms with Crippen molar-refractivity contribution < 1.29 is 42.7 Å². The SMILES string of the molecule is O=S(=O)(O)c1c(N=Nc2nc3ccc(Br)cc3s2)cc2c3c1CCCN3CCC2.O=S(=O)(O)c1c(N=Nc2nc3ccc(Cl)cc3s2)cc2c3c1CCCN3CCC2.[Co]. The fourth-order valence-electron chi connectivity index (χ4n) is 8.40. The second-order valence-electron chi connectivity index (χ2n) is 14.4. The van der Waals surface area contributed by atoms with E-state index in [0.717, 1.165) is 112 Å². The first-order chi connectivity index (χ1) is 27.8. The first-order valence-corrected chi connectivity index (χ1v) is 24.3. The summed E-state index contributed by atoms with van der Waals surface area (Å²) in [5, 5.41) is 18.3. The van der Waals surface area contributed by atoms with Crippen LogP contribution >= 0.6 is 50.2 Å². The average Bonchev–Trinajstić information content (AvgIpc) is 3.78. The smallest absolute Gasteiger partial charge is 0.297 e. The molecule has 4 aromatic carbocycles. The van der Waals surface area contributed by atoms with E-state index in [1.165, 1.54) is 22.7 Å². The minimum absolute atomic E-state index is 0. The Morgan fingerprint density at radius 3 is 1.54 bits per heavy atom. The summed E-state index contributed by atoms with van der Waals surface area (Å²) < 4.78 is 71.7. The van der Waals surface area contributed by atoms with Gasteiger partial charge < -0.3 is 9.80 Å². The van der Waals surface area contributed by atoms with Crippen LogP contribution in [0.2, 0.25) is 5.02 Å². The summed E-state index contributed by atoms with van der Waals surface area (Å²) in [6, 6.07) is 14.6. The van der Waals surface area contributed by atoms with Crippen molar-refractivity contribution in [1.82, 2.24) is 9.97 Å². The fourth-order valence-corrected chi connectivity index (χ4v) is 12.6. The summed E-state index contributed by atoms with van der Waals surface area (Å²) in [7, 11) is -8.89. The van der Waals surface area contributed by atoms with E-state index in [1.807, 2.05) is 18.2 Å². The van der Waals surface area contributed by atoms with Crippen LogP contribution in [0.1, 0.15) is 47.9 Å². The molecule has 0 bridgehead atoms. The zero-order valence-corrected chi connectivity index (χ0v) is 37.6. The molecule has 2 N–H and O–H groups in total. The number of halogens is 2. The van der Waals surface area contributed by atoms with Gasteiger partial charge in [0.2, 0.25) is 10.3 Å². The average molecular weight is 1000 g/mol. The van der Waals surface area contributed by atoms with Crippen molar-refractivity contribution in [2.45, 2.75) is 61.2 Å². The van der Waals surface area contributed by atoms with Crippen molar-refractivity contribution in [3.8, 4) is 0 Å². The standard InChI is InChI=1S/C19H17BrN4O3S2.C19H17ClN4O3S2.Co/c2*20-12-5-6-14-16(10-12)28-19(21-14)23-22-15-9-11-3-1-7-24-8-2-4-13(17(11)24)18(15)29(25,26)27;/h2*5-6,9-10H,1-4,7-8H2,(H,25,26,27);. The van der Waals surface area contributed by atoms with Gasteiger partial charge in [0.25, 0.3) is 20.2 Å². The minimum atomic E-state index is -4.45. The summed E-state index contributed by atoms with van der Waals surface area (Å²) in [4.78, 5) is 13.0. The van der Waals surface area contributed by atoms with Gasteiger partial charge in [0.1, 0.15) is 21.2 Å². The summed E-state index contributed by atoms with van der Waals surface area (Å²) in [5.41, 5.74) is 7.26. The van der Waals surface area contributed by atoms with E-state index in [1.54, 1.807) is 30.3 Å². The molecule has 6 aromatic rings. The first kappa shape index (κ1) is 42.3. The van der Waals surface area contributed by atoms with Crippen molar-refractivity contribution in [2.24, 2.45) is 20.5 Å². The number of fused-ring (bicyclic) bond motifs is 2. The number of anilines is 2. The van der Waals surface area contributed by atoms with Gasteiger partial charge in [-0.2, -0.15) is 16.8 Å². The van der Waals surface area contributed by atoms with Gasteiger partial charge in [-0.25, -0.2) is 9.97 Å². The van der Waals surface area contributed by atoms with E-state index < -0.39 is 20.2 Å². The zero-order valence-electron chi connectivity index (χ0n) is 30.9. The van der Waals surface area contributed by atoms with Gasteiger partial charge in [0.05, 0.1) is 20.4 Å². The summed E-state index contributed by atoms with van der Waals surface area (Å²) in [6.07, 6.45) is 6.63. The maximum Gasteiger partial charge on any atom is 0.297 e. The predicted octanol–water partition coefficient (Wildman–Crippen LogP) is 10.7. The van der Waals surface area contributed by atoms with Gasteiger partial charge in [-0.3, -0.25) is 9.11 Å². The van der Waals surface area contributed by atoms with Crippen molar-refractivity contribution in [2.75, 3.05) is 36.0 Å². The van der Waals surface area contributed by atoms with E-state index >= 15 is 0 Å². The van der Waals surface area contributed by atoms with Gasteiger partial charge in [0.15, 0.2) is 0 Å². The number of aromatic nitrogens is 2. The van der Waals surface area contributed by atoms with Gasteiger partial charge >= 0.3 is 0 Å². The van der Waals surface area contributed by atoms with E-state index in [9.17, 15) is 25.9 Å². The second kappa shape index (κ2) is 16.8. The van der Waals surface area contributed by atoms with Crippen LogP contribution in [-0.4, -0.2) is 62.1 Å². The molecule has 1 radical (unpaired) electrons. The molecule has 2 aromatic heterocycles. The molecule has 0 saturated carbocycles. The molecule has 309 valence electrons. The van der Waals surface area contributed by atoms with Crippen LogP contribution in [-0.2, 0) is 62.7 Å². The summed E-state index contributed by atoms with van der Waals surface area (Å²) in [5.74, 6) is 0. The van der Waals surface area contributed by atoms with E-state index in [4.69, 9.17) is 11.6 Å². The molecule has 4 aliphatic heterocycles. The molecule has 0 unspecified atom stereocenters. The number of thiazole rings is 2. The van der Waals surface area contributed by atoms with Gasteiger partial charge in [-0.1, -0.05) is 50.2 Å². The first-order valence-electron chi connectivity index (χ1n) is 18.6. The van der Waals surface area contributed by atoms with Crippen molar-refractivity contribution in [3.63, 3.8) is 0 Å². The largest absolute Gasteiger partial charge is 0.371 e. The molecule has 0 aliphatic carbocycles. The van der Waals surface area contributed by atoms with Crippen LogP contribution in [0.3, 0.4) is 0 Å². The normalized spacial score (nSPS) is 16.3. The number of benzene rings is 4. The Morgan fingerprint density at radius 2 is 1.07 bits per heavy atom. The van der Waals surface area contributed by atoms with Crippen LogP contribution < -0.4 is 9.80 Å². The Hall–Kier alpha value is -3.44. The molecule has 6 heterocycles. The molecule has 14 nitrogen and oxygen atoms in total. The number of hydrogen-bond donors (Lipinski definition) is 2. The monoisotopic (exact) mass is 999 g/mol. The Kier molecular flexibility index (Phi) is 12.0. The molecule has 0 spiro atoms. The molecule has 59 heavy (non-hydrogen) atoms. The molecule has 0 atom stereocenters.